The number of anilines is 1. The van der Waals surface area contributed by atoms with Crippen LogP contribution in [0, 0.1) is 0 Å². The molecule has 0 saturated carbocycles. The van der Waals surface area contributed by atoms with Crippen molar-refractivity contribution in [2.75, 3.05) is 4.90 Å². The van der Waals surface area contributed by atoms with Gasteiger partial charge in [0.15, 0.2) is 0 Å². The van der Waals surface area contributed by atoms with E-state index in [1.807, 2.05) is 31.2 Å². The van der Waals surface area contributed by atoms with Crippen LogP contribution < -0.4 is 4.90 Å². The first-order valence-corrected chi connectivity index (χ1v) is 6.83. The minimum atomic E-state index is -1.08. The van der Waals surface area contributed by atoms with Crippen LogP contribution in [-0.2, 0) is 6.42 Å². The normalized spacial score (nSPS) is 16.6. The maximum Gasteiger partial charge on any atom is 0.336 e. The molecule has 4 nitrogen and oxygen atoms in total. The van der Waals surface area contributed by atoms with Crippen LogP contribution in [0.3, 0.4) is 0 Å². The Morgan fingerprint density at radius 1 is 1.05 bits per heavy atom. The number of hydrogen-bond acceptors (Lipinski definition) is 2. The topological polar surface area (TPSA) is 57.6 Å². The van der Waals surface area contributed by atoms with E-state index in [1.165, 1.54) is 6.07 Å². The molecule has 1 unspecified atom stereocenters. The van der Waals surface area contributed by atoms with Gasteiger partial charge < -0.3 is 10.0 Å². The number of rotatable bonds is 2. The van der Waals surface area contributed by atoms with Gasteiger partial charge in [-0.25, -0.2) is 4.79 Å². The lowest BCUT2D eigenvalue weighted by Crippen LogP contribution is -2.36. The highest BCUT2D eigenvalue weighted by Crippen LogP contribution is 2.33. The number of amides is 1. The zero-order valence-corrected chi connectivity index (χ0v) is 11.6. The summed E-state index contributed by atoms with van der Waals surface area (Å²) in [5.41, 5.74) is 2.26. The highest BCUT2D eigenvalue weighted by atomic mass is 16.4. The quantitative estimate of drug-likeness (QED) is 0.920. The second-order valence-corrected chi connectivity index (χ2v) is 5.21. The summed E-state index contributed by atoms with van der Waals surface area (Å²) in [6, 6.07) is 14.1. The summed E-state index contributed by atoms with van der Waals surface area (Å²) < 4.78 is 0. The first-order chi connectivity index (χ1) is 10.1. The maximum atomic E-state index is 12.8. The lowest BCUT2D eigenvalue weighted by atomic mass is 10.1. The zero-order valence-electron chi connectivity index (χ0n) is 11.6. The molecule has 1 atom stereocenters. The molecule has 4 heteroatoms. The van der Waals surface area contributed by atoms with Gasteiger partial charge in [0.05, 0.1) is 11.1 Å². The molecule has 0 saturated heterocycles. The Bertz CT molecular complexity index is 723. The number of carboxylic acids is 1. The molecule has 1 aliphatic rings. The summed E-state index contributed by atoms with van der Waals surface area (Å²) in [5, 5.41) is 9.25. The molecule has 1 aliphatic heterocycles. The first-order valence-electron chi connectivity index (χ1n) is 6.83. The number of para-hydroxylation sites is 1. The average Bonchev–Trinajstić information content (AvgIpc) is 2.82. The van der Waals surface area contributed by atoms with E-state index >= 15 is 0 Å². The molecular weight excluding hydrogens is 266 g/mol. The number of carbonyl (C=O) groups is 2. The minimum Gasteiger partial charge on any atom is -0.478 e. The molecule has 0 fully saturated rings. The largest absolute Gasteiger partial charge is 0.478 e. The van der Waals surface area contributed by atoms with Crippen LogP contribution in [0.15, 0.2) is 48.5 Å². The van der Waals surface area contributed by atoms with Crippen molar-refractivity contribution in [1.29, 1.82) is 0 Å². The molecular formula is C17H15NO3. The molecule has 2 aromatic rings. The highest BCUT2D eigenvalue weighted by molar-refractivity contribution is 6.13. The number of hydrogen-bond donors (Lipinski definition) is 1. The van der Waals surface area contributed by atoms with E-state index < -0.39 is 5.97 Å². The van der Waals surface area contributed by atoms with Gasteiger partial charge in [0.25, 0.3) is 5.91 Å². The second kappa shape index (κ2) is 5.05. The minimum absolute atomic E-state index is 0.0248. The lowest BCUT2D eigenvalue weighted by molar-refractivity contribution is 0.0691. The zero-order chi connectivity index (χ0) is 15.0. The van der Waals surface area contributed by atoms with Crippen LogP contribution in [0.1, 0.15) is 33.2 Å². The molecule has 0 radical (unpaired) electrons. The monoisotopic (exact) mass is 281 g/mol. The van der Waals surface area contributed by atoms with Gasteiger partial charge in [-0.15, -0.1) is 0 Å². The van der Waals surface area contributed by atoms with E-state index in [1.54, 1.807) is 23.1 Å². The Balaban J connectivity index is 2.06. The van der Waals surface area contributed by atoms with Gasteiger partial charge in [-0.3, -0.25) is 4.79 Å². The van der Waals surface area contributed by atoms with Crippen molar-refractivity contribution in [3.63, 3.8) is 0 Å². The predicted molar refractivity (Wildman–Crippen MR) is 79.8 cm³/mol. The summed E-state index contributed by atoms with van der Waals surface area (Å²) in [4.78, 5) is 25.8. The molecule has 1 amide bonds. The highest BCUT2D eigenvalue weighted by Gasteiger charge is 2.32. The Hall–Kier alpha value is -2.62. The summed E-state index contributed by atoms with van der Waals surface area (Å²) in [6.07, 6.45) is 0.789. The van der Waals surface area contributed by atoms with Gasteiger partial charge in [0.1, 0.15) is 0 Å². The Kier molecular flexibility index (Phi) is 3.22. The molecule has 2 aromatic carbocycles. The molecule has 0 aliphatic carbocycles. The lowest BCUT2D eigenvalue weighted by Gasteiger charge is -2.23. The van der Waals surface area contributed by atoms with Gasteiger partial charge in [0, 0.05) is 11.7 Å². The van der Waals surface area contributed by atoms with E-state index in [0.29, 0.717) is 0 Å². The Labute approximate surface area is 122 Å². The van der Waals surface area contributed by atoms with Gasteiger partial charge >= 0.3 is 5.97 Å². The Morgan fingerprint density at radius 2 is 1.67 bits per heavy atom. The van der Waals surface area contributed by atoms with E-state index in [2.05, 4.69) is 0 Å². The number of fused-ring (bicyclic) bond motifs is 1. The van der Waals surface area contributed by atoms with Crippen LogP contribution >= 0.6 is 0 Å². The van der Waals surface area contributed by atoms with Crippen LogP contribution in [0.25, 0.3) is 0 Å². The standard InChI is InChI=1S/C17H15NO3/c1-11-10-12-6-2-5-9-15(12)18(11)16(19)13-7-3-4-8-14(13)17(20)21/h2-9,11H,10H2,1H3,(H,20,21). The van der Waals surface area contributed by atoms with E-state index in [0.717, 1.165) is 17.7 Å². The third kappa shape index (κ3) is 2.18. The van der Waals surface area contributed by atoms with Crippen molar-refractivity contribution in [3.05, 3.63) is 65.2 Å². The van der Waals surface area contributed by atoms with Crippen molar-refractivity contribution in [2.45, 2.75) is 19.4 Å². The number of benzene rings is 2. The smallest absolute Gasteiger partial charge is 0.336 e. The molecule has 0 bridgehead atoms. The third-order valence-corrected chi connectivity index (χ3v) is 3.81. The number of carbonyl (C=O) groups excluding carboxylic acids is 1. The van der Waals surface area contributed by atoms with Gasteiger partial charge in [-0.2, -0.15) is 0 Å². The van der Waals surface area contributed by atoms with Crippen molar-refractivity contribution >= 4 is 17.6 Å². The molecule has 1 heterocycles. The van der Waals surface area contributed by atoms with Gasteiger partial charge in [-0.1, -0.05) is 30.3 Å². The number of aromatic carboxylic acids is 1. The number of nitrogens with zero attached hydrogens (tertiary/aromatic N) is 1. The van der Waals surface area contributed by atoms with Crippen molar-refractivity contribution in [1.82, 2.24) is 0 Å². The van der Waals surface area contributed by atoms with Crippen molar-refractivity contribution in [3.8, 4) is 0 Å². The second-order valence-electron chi connectivity index (χ2n) is 5.21. The molecule has 3 rings (SSSR count). The van der Waals surface area contributed by atoms with E-state index in [4.69, 9.17) is 0 Å². The fraction of sp³-hybridized carbons (Fsp3) is 0.176. The van der Waals surface area contributed by atoms with Crippen molar-refractivity contribution < 1.29 is 14.7 Å². The summed E-state index contributed by atoms with van der Waals surface area (Å²) in [7, 11) is 0. The van der Waals surface area contributed by atoms with Gasteiger partial charge in [-0.05, 0) is 37.1 Å². The molecule has 0 spiro atoms. The van der Waals surface area contributed by atoms with Crippen molar-refractivity contribution in [2.24, 2.45) is 0 Å². The van der Waals surface area contributed by atoms with Gasteiger partial charge in [0.2, 0.25) is 0 Å². The Morgan fingerprint density at radius 3 is 2.38 bits per heavy atom. The SMILES string of the molecule is CC1Cc2ccccc2N1C(=O)c1ccccc1C(=O)O. The maximum absolute atomic E-state index is 12.8. The van der Waals surface area contributed by atoms with E-state index in [9.17, 15) is 14.7 Å². The third-order valence-electron chi connectivity index (χ3n) is 3.81. The average molecular weight is 281 g/mol. The van der Waals surface area contributed by atoms with E-state index in [-0.39, 0.29) is 23.1 Å². The molecule has 21 heavy (non-hydrogen) atoms. The summed E-state index contributed by atoms with van der Waals surface area (Å²) in [6.45, 7) is 1.97. The molecule has 106 valence electrons. The predicted octanol–water partition coefficient (Wildman–Crippen LogP) is 2.98. The summed E-state index contributed by atoms with van der Waals surface area (Å²) in [5.74, 6) is -1.34. The summed E-state index contributed by atoms with van der Waals surface area (Å²) >= 11 is 0. The van der Waals surface area contributed by atoms with Crippen LogP contribution in [0.2, 0.25) is 0 Å². The fourth-order valence-electron chi connectivity index (χ4n) is 2.86. The fourth-order valence-corrected chi connectivity index (χ4v) is 2.86. The number of carboxylic acid groups (broad SMARTS) is 1. The molecule has 1 N–H and O–H groups in total. The van der Waals surface area contributed by atoms with Crippen LogP contribution in [-0.4, -0.2) is 23.0 Å². The first kappa shape index (κ1) is 13.4. The van der Waals surface area contributed by atoms with Crippen LogP contribution in [0.4, 0.5) is 5.69 Å². The molecule has 0 aromatic heterocycles. The van der Waals surface area contributed by atoms with Crippen LogP contribution in [0.5, 0.6) is 0 Å².